The van der Waals surface area contributed by atoms with Gasteiger partial charge >= 0.3 is 0 Å². The van der Waals surface area contributed by atoms with Gasteiger partial charge in [0.25, 0.3) is 0 Å². The smallest absolute Gasteiger partial charge is 0.227 e. The molecule has 25 heavy (non-hydrogen) atoms. The topological polar surface area (TPSA) is 38.3 Å². The number of ether oxygens (including phenoxy) is 1. The van der Waals surface area contributed by atoms with Crippen LogP contribution in [0.4, 0.5) is 0 Å². The molecule has 3 heteroatoms. The number of carbonyl (C=O) groups is 1. The second-order valence-corrected chi connectivity index (χ2v) is 6.22. The zero-order valence-electron chi connectivity index (χ0n) is 14.7. The third kappa shape index (κ3) is 4.18. The maximum absolute atomic E-state index is 12.4. The monoisotopic (exact) mass is 333 g/mol. The molecular formula is C22H23NO2. The van der Waals surface area contributed by atoms with Gasteiger partial charge in [-0.25, -0.2) is 0 Å². The van der Waals surface area contributed by atoms with Crippen LogP contribution in [0, 0.1) is 0 Å². The van der Waals surface area contributed by atoms with Gasteiger partial charge in [0.15, 0.2) is 0 Å². The van der Waals surface area contributed by atoms with E-state index in [0.717, 1.165) is 28.5 Å². The number of amides is 1. The molecule has 0 aromatic heterocycles. The fraction of sp³-hybridized carbons (Fsp3) is 0.227. The molecule has 0 unspecified atom stereocenters. The van der Waals surface area contributed by atoms with Gasteiger partial charge in [-0.15, -0.1) is 0 Å². The van der Waals surface area contributed by atoms with Gasteiger partial charge in [0.2, 0.25) is 5.91 Å². The number of benzene rings is 3. The van der Waals surface area contributed by atoms with Crippen molar-refractivity contribution in [2.75, 3.05) is 13.7 Å². The summed E-state index contributed by atoms with van der Waals surface area (Å²) in [5.74, 6) is 0.720. The molecule has 3 nitrogen and oxygen atoms in total. The van der Waals surface area contributed by atoms with Gasteiger partial charge < -0.3 is 10.1 Å². The summed E-state index contributed by atoms with van der Waals surface area (Å²) in [5.41, 5.74) is 2.25. The molecule has 0 saturated carbocycles. The van der Waals surface area contributed by atoms with E-state index in [1.54, 1.807) is 7.11 Å². The Morgan fingerprint density at radius 3 is 2.48 bits per heavy atom. The van der Waals surface area contributed by atoms with Crippen molar-refractivity contribution >= 4 is 16.7 Å². The Morgan fingerprint density at radius 1 is 1.00 bits per heavy atom. The largest absolute Gasteiger partial charge is 0.497 e. The van der Waals surface area contributed by atoms with E-state index in [1.165, 1.54) is 5.56 Å². The fourth-order valence-corrected chi connectivity index (χ4v) is 2.92. The maximum atomic E-state index is 12.4. The summed E-state index contributed by atoms with van der Waals surface area (Å²) in [4.78, 5) is 12.4. The Balaban J connectivity index is 1.64. The summed E-state index contributed by atoms with van der Waals surface area (Å²) in [6.07, 6.45) is 0.844. The van der Waals surface area contributed by atoms with Crippen LogP contribution < -0.4 is 10.1 Å². The molecule has 0 spiro atoms. The molecule has 0 aliphatic heterocycles. The molecule has 3 aromatic carbocycles. The van der Waals surface area contributed by atoms with Crippen LogP contribution in [0.15, 0.2) is 66.7 Å². The molecule has 3 rings (SSSR count). The molecule has 0 aliphatic rings. The molecule has 128 valence electrons. The third-order valence-corrected chi connectivity index (χ3v) is 4.52. The van der Waals surface area contributed by atoms with Crippen molar-refractivity contribution in [3.63, 3.8) is 0 Å². The molecule has 0 heterocycles. The first-order valence-electron chi connectivity index (χ1n) is 8.57. The standard InChI is InChI=1S/C22H23NO2/c1-16(22(24)23-13-12-17-6-4-3-5-7-17)18-8-9-20-15-21(25-2)11-10-19(20)14-18/h3-11,14-16H,12-13H2,1-2H3,(H,23,24)/t16-/m0/s1. The second kappa shape index (κ2) is 7.84. The fourth-order valence-electron chi connectivity index (χ4n) is 2.92. The number of nitrogens with one attached hydrogen (secondary N) is 1. The van der Waals surface area contributed by atoms with E-state index < -0.39 is 0 Å². The zero-order valence-corrected chi connectivity index (χ0v) is 14.7. The van der Waals surface area contributed by atoms with Gasteiger partial charge in [0, 0.05) is 6.54 Å². The minimum absolute atomic E-state index is 0.0591. The molecule has 1 amide bonds. The normalized spacial score (nSPS) is 11.9. The first-order valence-corrected chi connectivity index (χ1v) is 8.57. The predicted octanol–water partition coefficient (Wildman–Crippen LogP) is 4.31. The lowest BCUT2D eigenvalue weighted by atomic mass is 9.97. The van der Waals surface area contributed by atoms with Crippen LogP contribution >= 0.6 is 0 Å². The summed E-state index contributed by atoms with van der Waals surface area (Å²) in [5, 5.41) is 5.26. The Hall–Kier alpha value is -2.81. The highest BCUT2D eigenvalue weighted by atomic mass is 16.5. The molecule has 0 radical (unpaired) electrons. The zero-order chi connectivity index (χ0) is 17.6. The second-order valence-electron chi connectivity index (χ2n) is 6.22. The number of methoxy groups -OCH3 is 1. The SMILES string of the molecule is COc1ccc2cc([C@H](C)C(=O)NCCc3ccccc3)ccc2c1. The summed E-state index contributed by atoms with van der Waals surface area (Å²) in [6.45, 7) is 2.60. The Labute approximate surface area is 148 Å². The molecule has 1 atom stereocenters. The Bertz CT molecular complexity index is 858. The van der Waals surface area contributed by atoms with Gasteiger partial charge in [-0.3, -0.25) is 4.79 Å². The number of rotatable bonds is 6. The van der Waals surface area contributed by atoms with Crippen LogP contribution in [0.2, 0.25) is 0 Å². The highest BCUT2D eigenvalue weighted by Crippen LogP contribution is 2.25. The van der Waals surface area contributed by atoms with Crippen LogP contribution in [-0.4, -0.2) is 19.6 Å². The van der Waals surface area contributed by atoms with E-state index in [0.29, 0.717) is 6.54 Å². The van der Waals surface area contributed by atoms with Crippen molar-refractivity contribution in [1.82, 2.24) is 5.32 Å². The van der Waals surface area contributed by atoms with E-state index >= 15 is 0 Å². The molecule has 3 aromatic rings. The lowest BCUT2D eigenvalue weighted by molar-refractivity contribution is -0.122. The van der Waals surface area contributed by atoms with Crippen LogP contribution in [-0.2, 0) is 11.2 Å². The molecule has 1 N–H and O–H groups in total. The number of hydrogen-bond acceptors (Lipinski definition) is 2. The van der Waals surface area contributed by atoms with Gasteiger partial charge in [-0.05, 0) is 47.4 Å². The van der Waals surface area contributed by atoms with Gasteiger partial charge in [-0.1, -0.05) is 54.6 Å². The van der Waals surface area contributed by atoms with Crippen molar-refractivity contribution in [3.05, 3.63) is 77.9 Å². The minimum atomic E-state index is -0.178. The average molecular weight is 333 g/mol. The summed E-state index contributed by atoms with van der Waals surface area (Å²) in [6, 6.07) is 22.3. The van der Waals surface area contributed by atoms with E-state index in [2.05, 4.69) is 23.5 Å². The van der Waals surface area contributed by atoms with Crippen molar-refractivity contribution in [2.45, 2.75) is 19.3 Å². The number of hydrogen-bond donors (Lipinski definition) is 1. The number of fused-ring (bicyclic) bond motifs is 1. The quantitative estimate of drug-likeness (QED) is 0.730. The Kier molecular flexibility index (Phi) is 5.34. The van der Waals surface area contributed by atoms with Crippen molar-refractivity contribution in [2.24, 2.45) is 0 Å². The van der Waals surface area contributed by atoms with Crippen molar-refractivity contribution in [1.29, 1.82) is 0 Å². The molecule has 0 saturated heterocycles. The van der Waals surface area contributed by atoms with Crippen LogP contribution in [0.1, 0.15) is 24.0 Å². The van der Waals surface area contributed by atoms with Gasteiger partial charge in [0.1, 0.15) is 5.75 Å². The van der Waals surface area contributed by atoms with Gasteiger partial charge in [0.05, 0.1) is 13.0 Å². The van der Waals surface area contributed by atoms with Crippen LogP contribution in [0.3, 0.4) is 0 Å². The summed E-state index contributed by atoms with van der Waals surface area (Å²) < 4.78 is 5.25. The van der Waals surface area contributed by atoms with Crippen molar-refractivity contribution < 1.29 is 9.53 Å². The lowest BCUT2D eigenvalue weighted by Gasteiger charge is -2.14. The summed E-state index contributed by atoms with van der Waals surface area (Å²) >= 11 is 0. The number of carbonyl (C=O) groups excluding carboxylic acids is 1. The highest BCUT2D eigenvalue weighted by molar-refractivity contribution is 5.88. The molecule has 0 aliphatic carbocycles. The maximum Gasteiger partial charge on any atom is 0.227 e. The minimum Gasteiger partial charge on any atom is -0.497 e. The summed E-state index contributed by atoms with van der Waals surface area (Å²) in [7, 11) is 1.66. The first-order chi connectivity index (χ1) is 12.2. The van der Waals surface area contributed by atoms with E-state index in [9.17, 15) is 4.79 Å². The predicted molar refractivity (Wildman–Crippen MR) is 102 cm³/mol. The average Bonchev–Trinajstić information content (AvgIpc) is 2.67. The van der Waals surface area contributed by atoms with Crippen LogP contribution in [0.25, 0.3) is 10.8 Å². The lowest BCUT2D eigenvalue weighted by Crippen LogP contribution is -2.29. The van der Waals surface area contributed by atoms with E-state index in [-0.39, 0.29) is 11.8 Å². The van der Waals surface area contributed by atoms with E-state index in [1.807, 2.05) is 55.5 Å². The van der Waals surface area contributed by atoms with E-state index in [4.69, 9.17) is 4.74 Å². The van der Waals surface area contributed by atoms with Crippen molar-refractivity contribution in [3.8, 4) is 5.75 Å². The molecular weight excluding hydrogens is 310 g/mol. The Morgan fingerprint density at radius 2 is 1.72 bits per heavy atom. The first kappa shape index (κ1) is 17.0. The van der Waals surface area contributed by atoms with Crippen LogP contribution in [0.5, 0.6) is 5.75 Å². The highest BCUT2D eigenvalue weighted by Gasteiger charge is 2.15. The molecule has 0 bridgehead atoms. The third-order valence-electron chi connectivity index (χ3n) is 4.52. The molecule has 0 fully saturated rings. The van der Waals surface area contributed by atoms with Gasteiger partial charge in [-0.2, -0.15) is 0 Å².